The second kappa shape index (κ2) is 5.85. The van der Waals surface area contributed by atoms with E-state index in [0.29, 0.717) is 5.95 Å². The zero-order chi connectivity index (χ0) is 14.7. The van der Waals surface area contributed by atoms with E-state index in [2.05, 4.69) is 34.4 Å². The molecule has 3 rings (SSSR count). The van der Waals surface area contributed by atoms with Gasteiger partial charge in [0.1, 0.15) is 0 Å². The third kappa shape index (κ3) is 2.93. The molecule has 0 aliphatic carbocycles. The van der Waals surface area contributed by atoms with Gasteiger partial charge < -0.3 is 14.2 Å². The van der Waals surface area contributed by atoms with Crippen LogP contribution >= 0.6 is 0 Å². The van der Waals surface area contributed by atoms with Crippen molar-refractivity contribution in [1.29, 1.82) is 0 Å². The first-order valence-electron chi connectivity index (χ1n) is 7.33. The fourth-order valence-corrected chi connectivity index (χ4v) is 2.83. The van der Waals surface area contributed by atoms with E-state index in [4.69, 9.17) is 9.26 Å². The van der Waals surface area contributed by atoms with Crippen LogP contribution in [0.5, 0.6) is 0 Å². The molecule has 0 N–H and O–H groups in total. The van der Waals surface area contributed by atoms with E-state index < -0.39 is 0 Å². The number of nitrogens with zero attached hydrogens (tertiary/aromatic N) is 3. The van der Waals surface area contributed by atoms with E-state index in [1.807, 2.05) is 25.1 Å². The Balaban J connectivity index is 1.92. The Hall–Kier alpha value is -1.88. The summed E-state index contributed by atoms with van der Waals surface area (Å²) in [6, 6.07) is 10.5. The maximum Gasteiger partial charge on any atom is 0.265 e. The lowest BCUT2D eigenvalue weighted by molar-refractivity contribution is 0.0375. The average molecular weight is 287 g/mol. The van der Waals surface area contributed by atoms with Gasteiger partial charge in [0, 0.05) is 27.3 Å². The van der Waals surface area contributed by atoms with Gasteiger partial charge in [-0.25, -0.2) is 0 Å². The van der Waals surface area contributed by atoms with E-state index >= 15 is 0 Å². The second-order valence-corrected chi connectivity index (χ2v) is 5.85. The number of aromatic nitrogens is 2. The maximum atomic E-state index is 5.58. The van der Waals surface area contributed by atoms with Crippen molar-refractivity contribution in [2.45, 2.75) is 24.7 Å². The fourth-order valence-electron chi connectivity index (χ4n) is 2.83. The smallest absolute Gasteiger partial charge is 0.265 e. The summed E-state index contributed by atoms with van der Waals surface area (Å²) in [5.74, 6) is 1.36. The molecule has 112 valence electrons. The summed E-state index contributed by atoms with van der Waals surface area (Å²) in [6.45, 7) is 1.49. The molecule has 2 heterocycles. The predicted octanol–water partition coefficient (Wildman–Crippen LogP) is 2.43. The Bertz CT molecular complexity index is 574. The average Bonchev–Trinajstić information content (AvgIpc) is 3.00. The van der Waals surface area contributed by atoms with Crippen molar-refractivity contribution in [2.24, 2.45) is 0 Å². The first kappa shape index (κ1) is 14.1. The second-order valence-electron chi connectivity index (χ2n) is 5.85. The molecule has 0 bridgehead atoms. The molecule has 1 fully saturated rings. The van der Waals surface area contributed by atoms with E-state index in [1.165, 1.54) is 5.56 Å². The van der Waals surface area contributed by atoms with Crippen LogP contribution in [0.15, 0.2) is 34.9 Å². The largest absolute Gasteiger partial charge is 0.381 e. The van der Waals surface area contributed by atoms with E-state index in [1.54, 1.807) is 0 Å². The summed E-state index contributed by atoms with van der Waals surface area (Å²) in [5, 5.41) is 4.08. The van der Waals surface area contributed by atoms with Crippen molar-refractivity contribution in [3.05, 3.63) is 41.8 Å². The summed E-state index contributed by atoms with van der Waals surface area (Å²) in [6.07, 6.45) is 2.74. The third-order valence-corrected chi connectivity index (χ3v) is 4.10. The van der Waals surface area contributed by atoms with Crippen LogP contribution in [-0.4, -0.2) is 37.4 Å². The van der Waals surface area contributed by atoms with Crippen molar-refractivity contribution >= 4 is 5.95 Å². The molecule has 1 aromatic heterocycles. The highest BCUT2D eigenvalue weighted by molar-refractivity contribution is 5.27. The molecule has 0 saturated carbocycles. The Morgan fingerprint density at radius 3 is 2.48 bits per heavy atom. The number of anilines is 1. The van der Waals surface area contributed by atoms with Gasteiger partial charge in [-0.15, -0.1) is 0 Å². The molecule has 2 aromatic rings. The Kier molecular flexibility index (Phi) is 3.92. The third-order valence-electron chi connectivity index (χ3n) is 4.10. The van der Waals surface area contributed by atoms with Gasteiger partial charge in [0.25, 0.3) is 5.95 Å². The van der Waals surface area contributed by atoms with E-state index in [0.717, 1.165) is 38.4 Å². The molecular formula is C16H21N3O2. The fraction of sp³-hybridized carbons (Fsp3) is 0.500. The topological polar surface area (TPSA) is 51.4 Å². The van der Waals surface area contributed by atoms with Gasteiger partial charge in [0.15, 0.2) is 0 Å². The first-order chi connectivity index (χ1) is 10.2. The number of benzene rings is 1. The lowest BCUT2D eigenvalue weighted by Crippen LogP contribution is -2.36. The van der Waals surface area contributed by atoms with Crippen molar-refractivity contribution < 1.29 is 9.26 Å². The van der Waals surface area contributed by atoms with Crippen LogP contribution in [0.2, 0.25) is 0 Å². The number of rotatable bonds is 4. The van der Waals surface area contributed by atoms with Crippen molar-refractivity contribution in [3.8, 4) is 0 Å². The van der Waals surface area contributed by atoms with E-state index in [-0.39, 0.29) is 5.41 Å². The minimum absolute atomic E-state index is 0.110. The first-order valence-corrected chi connectivity index (χ1v) is 7.33. The van der Waals surface area contributed by atoms with Crippen LogP contribution in [0.4, 0.5) is 5.95 Å². The lowest BCUT2D eigenvalue weighted by atomic mass is 9.75. The van der Waals surface area contributed by atoms with Crippen molar-refractivity contribution in [3.63, 3.8) is 0 Å². The predicted molar refractivity (Wildman–Crippen MR) is 80.5 cm³/mol. The van der Waals surface area contributed by atoms with Crippen LogP contribution < -0.4 is 4.90 Å². The van der Waals surface area contributed by atoms with Gasteiger partial charge in [-0.1, -0.05) is 30.3 Å². The summed E-state index contributed by atoms with van der Waals surface area (Å²) in [5.41, 5.74) is 1.19. The quantitative estimate of drug-likeness (QED) is 0.864. The summed E-state index contributed by atoms with van der Waals surface area (Å²) < 4.78 is 11.1. The van der Waals surface area contributed by atoms with Gasteiger partial charge in [0.2, 0.25) is 5.89 Å². The van der Waals surface area contributed by atoms with Crippen LogP contribution in [0.3, 0.4) is 0 Å². The zero-order valence-corrected chi connectivity index (χ0v) is 12.6. The van der Waals surface area contributed by atoms with E-state index in [9.17, 15) is 0 Å². The minimum Gasteiger partial charge on any atom is -0.381 e. The molecule has 0 unspecified atom stereocenters. The number of ether oxygens (including phenoxy) is 1. The molecule has 0 spiro atoms. The van der Waals surface area contributed by atoms with Crippen LogP contribution in [0, 0.1) is 0 Å². The molecule has 0 atom stereocenters. The Labute approximate surface area is 124 Å². The van der Waals surface area contributed by atoms with Crippen LogP contribution in [-0.2, 0) is 16.6 Å². The van der Waals surface area contributed by atoms with Gasteiger partial charge in [-0.3, -0.25) is 0 Å². The molecule has 0 amide bonds. The number of hydrogen-bond donors (Lipinski definition) is 0. The van der Waals surface area contributed by atoms with Gasteiger partial charge >= 0.3 is 0 Å². The molecule has 1 saturated heterocycles. The van der Waals surface area contributed by atoms with Gasteiger partial charge in [-0.2, -0.15) is 4.98 Å². The molecule has 0 radical (unpaired) electrons. The Morgan fingerprint density at radius 1 is 1.14 bits per heavy atom. The summed E-state index contributed by atoms with van der Waals surface area (Å²) in [4.78, 5) is 6.46. The monoisotopic (exact) mass is 287 g/mol. The van der Waals surface area contributed by atoms with Gasteiger partial charge in [-0.05, 0) is 30.0 Å². The summed E-state index contributed by atoms with van der Waals surface area (Å²) in [7, 11) is 3.84. The van der Waals surface area contributed by atoms with Crippen molar-refractivity contribution in [2.75, 3.05) is 32.2 Å². The maximum absolute atomic E-state index is 5.58. The molecule has 5 nitrogen and oxygen atoms in total. The standard InChI is InChI=1S/C16H21N3O2/c1-19(2)15-17-14(21-18-15)16(8-10-20-11-9-16)12-13-6-4-3-5-7-13/h3-7H,8-12H2,1-2H3. The molecule has 5 heteroatoms. The normalized spacial score (nSPS) is 17.6. The van der Waals surface area contributed by atoms with Crippen LogP contribution in [0.1, 0.15) is 24.3 Å². The SMILES string of the molecule is CN(C)c1noc(C2(Cc3ccccc3)CCOCC2)n1. The highest BCUT2D eigenvalue weighted by Crippen LogP contribution is 2.37. The van der Waals surface area contributed by atoms with Gasteiger partial charge in [0.05, 0.1) is 5.41 Å². The zero-order valence-electron chi connectivity index (χ0n) is 12.6. The lowest BCUT2D eigenvalue weighted by Gasteiger charge is -2.33. The highest BCUT2D eigenvalue weighted by Gasteiger charge is 2.40. The molecule has 1 aliphatic rings. The Morgan fingerprint density at radius 2 is 1.86 bits per heavy atom. The number of hydrogen-bond acceptors (Lipinski definition) is 5. The molecule has 1 aliphatic heterocycles. The molecule has 1 aromatic carbocycles. The minimum atomic E-state index is -0.110. The van der Waals surface area contributed by atoms with Crippen molar-refractivity contribution in [1.82, 2.24) is 10.1 Å². The van der Waals surface area contributed by atoms with Crippen LogP contribution in [0.25, 0.3) is 0 Å². The summed E-state index contributed by atoms with van der Waals surface area (Å²) >= 11 is 0. The molecule has 21 heavy (non-hydrogen) atoms. The highest BCUT2D eigenvalue weighted by atomic mass is 16.5. The molecular weight excluding hydrogens is 266 g/mol.